The van der Waals surface area contributed by atoms with Crippen LogP contribution in [0.4, 0.5) is 0 Å². The fraction of sp³-hybridized carbons (Fsp3) is 0.647. The molecule has 0 bridgehead atoms. The van der Waals surface area contributed by atoms with Gasteiger partial charge in [0, 0.05) is 22.7 Å². The summed E-state index contributed by atoms with van der Waals surface area (Å²) in [7, 11) is 0. The molecule has 1 heterocycles. The van der Waals surface area contributed by atoms with E-state index in [0.29, 0.717) is 0 Å². The molecule has 1 aromatic carbocycles. The average Bonchev–Trinajstić information content (AvgIpc) is 2.78. The van der Waals surface area contributed by atoms with Gasteiger partial charge in [0.25, 0.3) is 0 Å². The van der Waals surface area contributed by atoms with Crippen LogP contribution in [0, 0.1) is 11.8 Å². The van der Waals surface area contributed by atoms with Crippen molar-refractivity contribution in [2.24, 2.45) is 11.8 Å². The van der Waals surface area contributed by atoms with Crippen LogP contribution in [0.1, 0.15) is 38.7 Å². The minimum Gasteiger partial charge on any atom is -0.313 e. The molecule has 1 fully saturated rings. The van der Waals surface area contributed by atoms with Crippen molar-refractivity contribution in [1.29, 1.82) is 0 Å². The molecule has 1 saturated carbocycles. The summed E-state index contributed by atoms with van der Waals surface area (Å²) < 4.78 is 0. The van der Waals surface area contributed by atoms with Gasteiger partial charge in [-0.05, 0) is 49.1 Å². The van der Waals surface area contributed by atoms with Crippen molar-refractivity contribution < 1.29 is 0 Å². The van der Waals surface area contributed by atoms with Gasteiger partial charge in [-0.25, -0.2) is 0 Å². The lowest BCUT2D eigenvalue weighted by Gasteiger charge is -2.32. The number of hydrogen-bond donors (Lipinski definition) is 1. The average molecular weight is 275 g/mol. The van der Waals surface area contributed by atoms with Crippen LogP contribution in [-0.4, -0.2) is 17.8 Å². The Balaban J connectivity index is 1.49. The van der Waals surface area contributed by atoms with E-state index in [2.05, 4.69) is 55.2 Å². The summed E-state index contributed by atoms with van der Waals surface area (Å²) in [5, 5.41) is 4.58. The van der Waals surface area contributed by atoms with E-state index in [1.807, 2.05) is 0 Å². The van der Waals surface area contributed by atoms with Crippen molar-refractivity contribution in [2.75, 3.05) is 6.54 Å². The minimum absolute atomic E-state index is 0.741. The van der Waals surface area contributed by atoms with Crippen molar-refractivity contribution in [2.45, 2.75) is 55.7 Å². The van der Waals surface area contributed by atoms with Gasteiger partial charge in [0.2, 0.25) is 0 Å². The van der Waals surface area contributed by atoms with Crippen LogP contribution in [0.2, 0.25) is 0 Å². The first kappa shape index (κ1) is 13.5. The first-order valence-electron chi connectivity index (χ1n) is 7.68. The predicted octanol–water partition coefficient (Wildman–Crippen LogP) is 4.12. The minimum atomic E-state index is 0.741. The lowest BCUT2D eigenvalue weighted by molar-refractivity contribution is 0.240. The molecular weight excluding hydrogens is 250 g/mol. The summed E-state index contributed by atoms with van der Waals surface area (Å²) in [5.74, 6) is 1.80. The van der Waals surface area contributed by atoms with E-state index in [4.69, 9.17) is 0 Å². The van der Waals surface area contributed by atoms with Crippen LogP contribution >= 0.6 is 11.8 Å². The molecule has 0 aromatic heterocycles. The maximum absolute atomic E-state index is 3.84. The summed E-state index contributed by atoms with van der Waals surface area (Å²) in [6.45, 7) is 5.98. The quantitative estimate of drug-likeness (QED) is 0.890. The normalized spacial score (nSPS) is 34.2. The molecular formula is C17H25NS. The third-order valence-electron chi connectivity index (χ3n) is 4.53. The van der Waals surface area contributed by atoms with Gasteiger partial charge in [0.05, 0.1) is 0 Å². The molecule has 1 N–H and O–H groups in total. The van der Waals surface area contributed by atoms with Gasteiger partial charge in [-0.3, -0.25) is 0 Å². The van der Waals surface area contributed by atoms with Crippen LogP contribution in [0.5, 0.6) is 0 Å². The number of fused-ring (bicyclic) bond motifs is 1. The Morgan fingerprint density at radius 2 is 1.84 bits per heavy atom. The molecule has 3 unspecified atom stereocenters. The number of hydrogen-bond acceptors (Lipinski definition) is 2. The molecule has 104 valence electrons. The van der Waals surface area contributed by atoms with E-state index >= 15 is 0 Å². The Kier molecular flexibility index (Phi) is 4.18. The first-order valence-corrected chi connectivity index (χ1v) is 8.56. The van der Waals surface area contributed by atoms with Crippen molar-refractivity contribution in [1.82, 2.24) is 5.32 Å². The molecule has 2 heteroatoms. The zero-order valence-corrected chi connectivity index (χ0v) is 12.9. The van der Waals surface area contributed by atoms with Crippen molar-refractivity contribution in [3.05, 3.63) is 29.8 Å². The Bertz CT molecular complexity index is 396. The molecule has 1 aromatic rings. The number of thioether (sulfide) groups is 1. The third-order valence-corrected chi connectivity index (χ3v) is 5.85. The Morgan fingerprint density at radius 3 is 2.58 bits per heavy atom. The Hall–Kier alpha value is -0.470. The highest BCUT2D eigenvalue weighted by Crippen LogP contribution is 2.36. The molecule has 0 radical (unpaired) electrons. The summed E-state index contributed by atoms with van der Waals surface area (Å²) in [6, 6.07) is 9.63. The standard InChI is InChI=1S/C17H25NS/c1-12-7-13(2)9-15(8-12)18-11-16-10-14-5-3-4-6-17(14)19-16/h3-6,12-13,15-16,18H,7-11H2,1-2H3. The number of nitrogens with one attached hydrogen (secondary N) is 1. The molecule has 3 atom stereocenters. The van der Waals surface area contributed by atoms with Gasteiger partial charge in [0.1, 0.15) is 0 Å². The van der Waals surface area contributed by atoms with Crippen LogP contribution < -0.4 is 5.32 Å². The molecule has 1 nitrogen and oxygen atoms in total. The first-order chi connectivity index (χ1) is 9.20. The monoisotopic (exact) mass is 275 g/mol. The number of benzene rings is 1. The predicted molar refractivity (Wildman–Crippen MR) is 83.8 cm³/mol. The largest absolute Gasteiger partial charge is 0.313 e. The van der Waals surface area contributed by atoms with Gasteiger partial charge in [-0.2, -0.15) is 0 Å². The van der Waals surface area contributed by atoms with Gasteiger partial charge >= 0.3 is 0 Å². The molecule has 0 saturated heterocycles. The van der Waals surface area contributed by atoms with Crippen LogP contribution in [-0.2, 0) is 6.42 Å². The molecule has 2 aliphatic rings. The second kappa shape index (κ2) is 5.88. The third kappa shape index (κ3) is 3.35. The highest BCUT2D eigenvalue weighted by Gasteiger charge is 2.26. The van der Waals surface area contributed by atoms with E-state index < -0.39 is 0 Å². The molecule has 19 heavy (non-hydrogen) atoms. The van der Waals surface area contributed by atoms with E-state index in [1.165, 1.54) is 37.1 Å². The summed E-state index contributed by atoms with van der Waals surface area (Å²) in [4.78, 5) is 1.50. The van der Waals surface area contributed by atoms with Gasteiger partial charge in [-0.1, -0.05) is 32.0 Å². The molecule has 1 aliphatic heterocycles. The summed E-state index contributed by atoms with van der Waals surface area (Å²) in [6.07, 6.45) is 5.40. The highest BCUT2D eigenvalue weighted by molar-refractivity contribution is 8.00. The van der Waals surface area contributed by atoms with E-state index in [9.17, 15) is 0 Å². The molecule has 3 rings (SSSR count). The Labute approximate surface area is 121 Å². The van der Waals surface area contributed by atoms with Crippen LogP contribution in [0.25, 0.3) is 0 Å². The van der Waals surface area contributed by atoms with Gasteiger partial charge in [-0.15, -0.1) is 11.8 Å². The maximum Gasteiger partial charge on any atom is 0.0260 e. The van der Waals surface area contributed by atoms with E-state index in [1.54, 1.807) is 5.56 Å². The van der Waals surface area contributed by atoms with Crippen molar-refractivity contribution >= 4 is 11.8 Å². The molecule has 0 spiro atoms. The van der Waals surface area contributed by atoms with Gasteiger partial charge in [0.15, 0.2) is 0 Å². The molecule has 0 amide bonds. The second-order valence-electron chi connectivity index (χ2n) is 6.57. The number of rotatable bonds is 3. The SMILES string of the molecule is CC1CC(C)CC(NCC2Cc3ccccc3S2)C1. The van der Waals surface area contributed by atoms with Crippen molar-refractivity contribution in [3.8, 4) is 0 Å². The maximum atomic E-state index is 3.84. The van der Waals surface area contributed by atoms with Crippen molar-refractivity contribution in [3.63, 3.8) is 0 Å². The lowest BCUT2D eigenvalue weighted by atomic mass is 9.80. The fourth-order valence-electron chi connectivity index (χ4n) is 3.78. The van der Waals surface area contributed by atoms with E-state index in [-0.39, 0.29) is 0 Å². The zero-order valence-electron chi connectivity index (χ0n) is 12.1. The Morgan fingerprint density at radius 1 is 1.11 bits per heavy atom. The fourth-order valence-corrected chi connectivity index (χ4v) is 5.04. The highest BCUT2D eigenvalue weighted by atomic mass is 32.2. The van der Waals surface area contributed by atoms with E-state index in [0.717, 1.165) is 23.1 Å². The zero-order chi connectivity index (χ0) is 13.2. The molecule has 1 aliphatic carbocycles. The summed E-state index contributed by atoms with van der Waals surface area (Å²) >= 11 is 2.06. The van der Waals surface area contributed by atoms with Crippen LogP contribution in [0.3, 0.4) is 0 Å². The second-order valence-corrected chi connectivity index (χ2v) is 7.92. The smallest absolute Gasteiger partial charge is 0.0260 e. The topological polar surface area (TPSA) is 12.0 Å². The summed E-state index contributed by atoms with van der Waals surface area (Å²) in [5.41, 5.74) is 1.55. The van der Waals surface area contributed by atoms with Crippen LogP contribution in [0.15, 0.2) is 29.2 Å². The lowest BCUT2D eigenvalue weighted by Crippen LogP contribution is -2.39. The van der Waals surface area contributed by atoms with Gasteiger partial charge < -0.3 is 5.32 Å².